The van der Waals surface area contributed by atoms with Crippen molar-refractivity contribution in [2.24, 2.45) is 11.8 Å². The summed E-state index contributed by atoms with van der Waals surface area (Å²) in [5.41, 5.74) is 2.84. The van der Waals surface area contributed by atoms with Crippen molar-refractivity contribution < 1.29 is 19.1 Å². The van der Waals surface area contributed by atoms with E-state index in [0.717, 1.165) is 28.5 Å². The van der Waals surface area contributed by atoms with Gasteiger partial charge < -0.3 is 9.53 Å². The topological polar surface area (TPSA) is 63.7 Å². The van der Waals surface area contributed by atoms with Crippen LogP contribution in [0, 0.1) is 11.8 Å². The predicted molar refractivity (Wildman–Crippen MR) is 119 cm³/mol. The summed E-state index contributed by atoms with van der Waals surface area (Å²) in [5.74, 6) is -1.81. The molecule has 0 spiro atoms. The highest BCUT2D eigenvalue weighted by atomic mass is 16.5. The van der Waals surface area contributed by atoms with Crippen LogP contribution in [0.15, 0.2) is 72.8 Å². The van der Waals surface area contributed by atoms with Gasteiger partial charge in [-0.05, 0) is 41.3 Å². The van der Waals surface area contributed by atoms with Crippen LogP contribution in [0.4, 0.5) is 5.69 Å². The van der Waals surface area contributed by atoms with Crippen molar-refractivity contribution in [2.45, 2.75) is 18.3 Å². The molecule has 32 heavy (non-hydrogen) atoms. The molecule has 3 aromatic carbocycles. The fourth-order valence-electron chi connectivity index (χ4n) is 6.19. The number of nitrogens with zero attached hydrogens (tertiary/aromatic N) is 1. The Morgan fingerprint density at radius 3 is 2.09 bits per heavy atom. The molecule has 2 atom stereocenters. The Hall–Kier alpha value is -3.73. The Morgan fingerprint density at radius 2 is 1.47 bits per heavy atom. The molecule has 1 heterocycles. The molecule has 7 rings (SSSR count). The third-order valence-electron chi connectivity index (χ3n) is 7.28. The molecule has 1 aliphatic heterocycles. The number of carbonyl (C=O) groups excluding carboxylic acids is 3. The first-order chi connectivity index (χ1) is 15.6. The van der Waals surface area contributed by atoms with Gasteiger partial charge in [0.2, 0.25) is 11.8 Å². The van der Waals surface area contributed by atoms with Gasteiger partial charge >= 0.3 is 0 Å². The number of benzene rings is 3. The molecule has 4 aliphatic rings. The van der Waals surface area contributed by atoms with E-state index in [0.29, 0.717) is 18.0 Å². The molecule has 0 unspecified atom stereocenters. The average molecular weight is 423 g/mol. The summed E-state index contributed by atoms with van der Waals surface area (Å²) in [4.78, 5) is 42.1. The van der Waals surface area contributed by atoms with E-state index in [4.69, 9.17) is 4.74 Å². The van der Waals surface area contributed by atoms with Crippen LogP contribution in [-0.4, -0.2) is 24.7 Å². The summed E-state index contributed by atoms with van der Waals surface area (Å²) < 4.78 is 5.73. The van der Waals surface area contributed by atoms with Crippen LogP contribution in [0.3, 0.4) is 0 Å². The van der Waals surface area contributed by atoms with E-state index < -0.39 is 17.3 Å². The lowest BCUT2D eigenvalue weighted by atomic mass is 9.48. The number of amides is 2. The van der Waals surface area contributed by atoms with Crippen LogP contribution >= 0.6 is 0 Å². The molecule has 0 N–H and O–H groups in total. The van der Waals surface area contributed by atoms with E-state index in [-0.39, 0.29) is 17.7 Å². The van der Waals surface area contributed by atoms with Gasteiger partial charge in [-0.15, -0.1) is 0 Å². The summed E-state index contributed by atoms with van der Waals surface area (Å²) in [6.07, 6.45) is 0.890. The van der Waals surface area contributed by atoms with Crippen LogP contribution in [0.1, 0.15) is 35.1 Å². The zero-order valence-electron chi connectivity index (χ0n) is 17.5. The van der Waals surface area contributed by atoms with Gasteiger partial charge in [-0.1, -0.05) is 60.7 Å². The zero-order valence-corrected chi connectivity index (χ0v) is 17.5. The number of anilines is 1. The lowest BCUT2D eigenvalue weighted by molar-refractivity contribution is -0.128. The summed E-state index contributed by atoms with van der Waals surface area (Å²) in [6.45, 7) is 2.27. The van der Waals surface area contributed by atoms with Crippen molar-refractivity contribution in [1.82, 2.24) is 0 Å². The normalized spacial score (nSPS) is 27.0. The van der Waals surface area contributed by atoms with Crippen LogP contribution in [0.25, 0.3) is 0 Å². The molecular formula is C27H21NO4. The molecular weight excluding hydrogens is 402 g/mol. The second kappa shape index (κ2) is 6.63. The van der Waals surface area contributed by atoms with E-state index in [1.54, 1.807) is 18.2 Å². The third kappa shape index (κ3) is 2.11. The first kappa shape index (κ1) is 19.0. The highest BCUT2D eigenvalue weighted by molar-refractivity contribution is 6.25. The zero-order chi connectivity index (χ0) is 22.0. The van der Waals surface area contributed by atoms with Gasteiger partial charge in [0.1, 0.15) is 12.0 Å². The minimum Gasteiger partial charge on any atom is -0.492 e. The number of hydrogen-bond donors (Lipinski definition) is 0. The van der Waals surface area contributed by atoms with Gasteiger partial charge in [-0.25, -0.2) is 4.90 Å². The van der Waals surface area contributed by atoms with Crippen molar-refractivity contribution in [1.29, 1.82) is 0 Å². The number of hydrogen-bond acceptors (Lipinski definition) is 4. The van der Waals surface area contributed by atoms with Crippen molar-refractivity contribution in [3.63, 3.8) is 0 Å². The van der Waals surface area contributed by atoms with Crippen LogP contribution in [-0.2, 0) is 19.8 Å². The standard InChI is InChI=1S/C27H21NO4/c1-2-32-21-14-8-7-13-20(21)28-25(30)23-22-16-9-3-5-11-18(16)27(15-29,24(23)26(28)31)19-12-6-4-10-17(19)22/h3-15,22-24H,2H2,1H3/t22?,23-,24-,27?/m0/s1. The second-order valence-corrected chi connectivity index (χ2v) is 8.56. The molecule has 5 heteroatoms. The maximum absolute atomic E-state index is 14.0. The SMILES string of the molecule is CCOc1ccccc1N1C(=O)[C@@H]2[C@@H](C1=O)C1c3ccccc3C2(C=O)c2ccccc21. The molecule has 0 aromatic heterocycles. The molecule has 158 valence electrons. The maximum Gasteiger partial charge on any atom is 0.239 e. The van der Waals surface area contributed by atoms with Gasteiger partial charge in [0, 0.05) is 5.92 Å². The number of carbonyl (C=O) groups is 3. The van der Waals surface area contributed by atoms with Gasteiger partial charge in [0.15, 0.2) is 0 Å². The van der Waals surface area contributed by atoms with Crippen molar-refractivity contribution >= 4 is 23.8 Å². The molecule has 1 saturated heterocycles. The number of aldehydes is 1. The van der Waals surface area contributed by atoms with E-state index in [1.165, 1.54) is 4.90 Å². The monoisotopic (exact) mass is 423 g/mol. The van der Waals surface area contributed by atoms with Crippen molar-refractivity contribution in [3.8, 4) is 5.75 Å². The molecule has 1 fully saturated rings. The Labute approximate surface area is 185 Å². The molecule has 2 bridgehead atoms. The molecule has 0 radical (unpaired) electrons. The van der Waals surface area contributed by atoms with Crippen LogP contribution in [0.2, 0.25) is 0 Å². The van der Waals surface area contributed by atoms with E-state index in [9.17, 15) is 14.4 Å². The summed E-state index contributed by atoms with van der Waals surface area (Å²) in [6, 6.07) is 22.6. The van der Waals surface area contributed by atoms with E-state index >= 15 is 0 Å². The van der Waals surface area contributed by atoms with Crippen molar-refractivity contribution in [2.75, 3.05) is 11.5 Å². The fourth-order valence-corrected chi connectivity index (χ4v) is 6.19. The summed E-state index contributed by atoms with van der Waals surface area (Å²) >= 11 is 0. The highest BCUT2D eigenvalue weighted by Gasteiger charge is 2.68. The Morgan fingerprint density at radius 1 is 0.875 bits per heavy atom. The number of rotatable bonds is 4. The minimum absolute atomic E-state index is 0.269. The first-order valence-electron chi connectivity index (χ1n) is 10.9. The quantitative estimate of drug-likeness (QED) is 0.473. The van der Waals surface area contributed by atoms with Crippen LogP contribution < -0.4 is 9.64 Å². The Balaban J connectivity index is 1.62. The molecule has 0 saturated carbocycles. The Kier molecular flexibility index (Phi) is 3.94. The minimum atomic E-state index is -1.19. The van der Waals surface area contributed by atoms with Crippen LogP contribution in [0.5, 0.6) is 5.75 Å². The lowest BCUT2D eigenvalue weighted by Gasteiger charge is -2.51. The molecule has 3 aromatic rings. The smallest absolute Gasteiger partial charge is 0.239 e. The first-order valence-corrected chi connectivity index (χ1v) is 10.9. The average Bonchev–Trinajstić information content (AvgIpc) is 3.10. The fraction of sp³-hybridized carbons (Fsp3) is 0.222. The summed E-state index contributed by atoms with van der Waals surface area (Å²) in [5, 5.41) is 0. The van der Waals surface area contributed by atoms with E-state index in [2.05, 4.69) is 0 Å². The lowest BCUT2D eigenvalue weighted by Crippen LogP contribution is -2.54. The second-order valence-electron chi connectivity index (χ2n) is 8.56. The van der Waals surface area contributed by atoms with Gasteiger partial charge in [-0.2, -0.15) is 0 Å². The van der Waals surface area contributed by atoms with Gasteiger partial charge in [0.05, 0.1) is 29.5 Å². The Bertz CT molecular complexity index is 1250. The maximum atomic E-state index is 14.0. The number of para-hydroxylation sites is 2. The highest BCUT2D eigenvalue weighted by Crippen LogP contribution is 2.63. The molecule has 3 aliphatic carbocycles. The number of imide groups is 1. The predicted octanol–water partition coefficient (Wildman–Crippen LogP) is 3.84. The largest absolute Gasteiger partial charge is 0.492 e. The number of ether oxygens (including phenoxy) is 1. The van der Waals surface area contributed by atoms with E-state index in [1.807, 2.05) is 61.5 Å². The third-order valence-corrected chi connectivity index (χ3v) is 7.28. The van der Waals surface area contributed by atoms with Crippen molar-refractivity contribution in [3.05, 3.63) is 95.1 Å². The molecule has 2 amide bonds. The molecule has 5 nitrogen and oxygen atoms in total. The summed E-state index contributed by atoms with van der Waals surface area (Å²) in [7, 11) is 0. The van der Waals surface area contributed by atoms with Gasteiger partial charge in [-0.3, -0.25) is 9.59 Å². The van der Waals surface area contributed by atoms with Gasteiger partial charge in [0.25, 0.3) is 0 Å².